The number of urea groups is 1. The van der Waals surface area contributed by atoms with Crippen LogP contribution in [0.25, 0.3) is 0 Å². The van der Waals surface area contributed by atoms with Gasteiger partial charge in [-0.3, -0.25) is 4.79 Å². The first-order valence-electron chi connectivity index (χ1n) is 8.67. The van der Waals surface area contributed by atoms with Crippen molar-refractivity contribution >= 4 is 40.7 Å². The molecule has 0 bridgehead atoms. The quantitative estimate of drug-likeness (QED) is 0.555. The number of nitrogens with one attached hydrogen (secondary N) is 1. The molecule has 3 aromatic carbocycles. The zero-order valence-electron chi connectivity index (χ0n) is 14.9. The third kappa shape index (κ3) is 3.37. The van der Waals surface area contributed by atoms with Gasteiger partial charge in [0.2, 0.25) is 0 Å². The highest BCUT2D eigenvalue weighted by Crippen LogP contribution is 2.38. The first-order valence-corrected chi connectivity index (χ1v) is 9.43. The smallest absolute Gasteiger partial charge is 0.316 e. The summed E-state index contributed by atoms with van der Waals surface area (Å²) in [5.41, 5.74) is 3.49. The van der Waals surface area contributed by atoms with Crippen molar-refractivity contribution in [3.05, 3.63) is 99.0 Å². The highest BCUT2D eigenvalue weighted by Gasteiger charge is 2.31. The van der Waals surface area contributed by atoms with E-state index >= 15 is 0 Å². The van der Waals surface area contributed by atoms with Gasteiger partial charge in [0.25, 0.3) is 0 Å². The Hall–Kier alpha value is -2.82. The van der Waals surface area contributed by atoms with Crippen LogP contribution >= 0.6 is 23.2 Å². The van der Waals surface area contributed by atoms with E-state index in [2.05, 4.69) is 5.32 Å². The topological polar surface area (TPSA) is 49.4 Å². The number of amides is 2. The number of fused-ring (bicyclic) bond motifs is 1. The predicted molar refractivity (Wildman–Crippen MR) is 111 cm³/mol. The molecule has 0 aromatic heterocycles. The second-order valence-electron chi connectivity index (χ2n) is 6.64. The fourth-order valence-electron chi connectivity index (χ4n) is 3.42. The molecule has 2 amide bonds. The number of anilines is 1. The van der Waals surface area contributed by atoms with Crippen LogP contribution in [-0.4, -0.2) is 23.8 Å². The van der Waals surface area contributed by atoms with Crippen LogP contribution in [0.15, 0.2) is 66.7 Å². The second-order valence-corrected chi connectivity index (χ2v) is 7.51. The van der Waals surface area contributed by atoms with Crippen molar-refractivity contribution < 1.29 is 9.59 Å². The number of rotatable bonds is 3. The molecule has 0 saturated heterocycles. The maximum absolute atomic E-state index is 12.9. The Kier molecular flexibility index (Phi) is 4.84. The fourth-order valence-corrected chi connectivity index (χ4v) is 3.75. The van der Waals surface area contributed by atoms with Crippen molar-refractivity contribution in [1.82, 2.24) is 4.90 Å². The number of carbonyl (C=O) groups is 2. The minimum Gasteiger partial charge on any atom is -0.316 e. The number of hydrogen-bond donors (Lipinski definition) is 1. The van der Waals surface area contributed by atoms with Gasteiger partial charge in [-0.05, 0) is 60.2 Å². The van der Waals surface area contributed by atoms with E-state index in [0.717, 1.165) is 11.1 Å². The van der Waals surface area contributed by atoms with Gasteiger partial charge in [0, 0.05) is 39.5 Å². The average molecular weight is 411 g/mol. The van der Waals surface area contributed by atoms with E-state index in [1.807, 2.05) is 24.3 Å². The molecule has 0 fully saturated rings. The van der Waals surface area contributed by atoms with Gasteiger partial charge in [-0.1, -0.05) is 35.3 Å². The number of carbonyl (C=O) groups excluding carboxylic acids is 2. The van der Waals surface area contributed by atoms with Gasteiger partial charge >= 0.3 is 6.03 Å². The Morgan fingerprint density at radius 3 is 2.36 bits per heavy atom. The highest BCUT2D eigenvalue weighted by atomic mass is 35.5. The molecule has 0 aliphatic carbocycles. The molecule has 1 aliphatic heterocycles. The Morgan fingerprint density at radius 2 is 1.64 bits per heavy atom. The van der Waals surface area contributed by atoms with Crippen LogP contribution in [-0.2, 0) is 0 Å². The van der Waals surface area contributed by atoms with Gasteiger partial charge in [0.05, 0.1) is 6.04 Å². The van der Waals surface area contributed by atoms with E-state index in [-0.39, 0.29) is 17.9 Å². The van der Waals surface area contributed by atoms with Crippen molar-refractivity contribution in [2.24, 2.45) is 0 Å². The normalized spacial score (nSPS) is 15.8. The highest BCUT2D eigenvalue weighted by molar-refractivity contribution is 6.31. The number of benzene rings is 3. The van der Waals surface area contributed by atoms with E-state index in [4.69, 9.17) is 23.2 Å². The molecule has 3 aromatic rings. The standard InChI is InChI=1S/C22H16Cl2N2O2/c1-26-20(14-3-2-4-17(24)11-14)18-12-15(7-10-19(18)25-22(26)28)21(27)13-5-8-16(23)9-6-13/h2-12,20H,1H3,(H,25,28). The molecule has 140 valence electrons. The lowest BCUT2D eigenvalue weighted by Gasteiger charge is -2.35. The largest absolute Gasteiger partial charge is 0.322 e. The SMILES string of the molecule is CN1C(=O)Nc2ccc(C(=O)c3ccc(Cl)cc3)cc2C1c1cccc(Cl)c1. The van der Waals surface area contributed by atoms with Crippen LogP contribution < -0.4 is 5.32 Å². The molecule has 1 aliphatic rings. The molecule has 4 nitrogen and oxygen atoms in total. The Morgan fingerprint density at radius 1 is 0.929 bits per heavy atom. The minimum absolute atomic E-state index is 0.108. The summed E-state index contributed by atoms with van der Waals surface area (Å²) in [4.78, 5) is 26.9. The molecule has 6 heteroatoms. The van der Waals surface area contributed by atoms with Crippen LogP contribution in [0.5, 0.6) is 0 Å². The van der Waals surface area contributed by atoms with Crippen molar-refractivity contribution in [3.8, 4) is 0 Å². The van der Waals surface area contributed by atoms with Crippen molar-refractivity contribution in [2.45, 2.75) is 6.04 Å². The van der Waals surface area contributed by atoms with Gasteiger partial charge in [0.15, 0.2) is 5.78 Å². The van der Waals surface area contributed by atoms with Gasteiger partial charge in [-0.2, -0.15) is 0 Å². The van der Waals surface area contributed by atoms with Crippen LogP contribution in [0.2, 0.25) is 10.0 Å². The zero-order valence-corrected chi connectivity index (χ0v) is 16.5. The van der Waals surface area contributed by atoms with E-state index in [1.54, 1.807) is 54.4 Å². The number of halogens is 2. The number of nitrogens with zero attached hydrogens (tertiary/aromatic N) is 1. The maximum atomic E-state index is 12.9. The molecule has 28 heavy (non-hydrogen) atoms. The second kappa shape index (κ2) is 7.30. The molecular formula is C22H16Cl2N2O2. The lowest BCUT2D eigenvalue weighted by Crippen LogP contribution is -2.40. The number of ketones is 1. The van der Waals surface area contributed by atoms with Crippen LogP contribution in [0.3, 0.4) is 0 Å². The van der Waals surface area contributed by atoms with Crippen molar-refractivity contribution in [2.75, 3.05) is 12.4 Å². The van der Waals surface area contributed by atoms with E-state index in [9.17, 15) is 9.59 Å². The fraction of sp³-hybridized carbons (Fsp3) is 0.0909. The Balaban J connectivity index is 1.80. The van der Waals surface area contributed by atoms with Crippen molar-refractivity contribution in [1.29, 1.82) is 0 Å². The molecule has 4 rings (SSSR count). The average Bonchev–Trinajstić information content (AvgIpc) is 2.69. The summed E-state index contributed by atoms with van der Waals surface area (Å²) in [6.45, 7) is 0. The number of hydrogen-bond acceptors (Lipinski definition) is 2. The van der Waals surface area contributed by atoms with Gasteiger partial charge in [0.1, 0.15) is 0 Å². The summed E-state index contributed by atoms with van der Waals surface area (Å²) in [6.07, 6.45) is 0. The van der Waals surface area contributed by atoms with E-state index < -0.39 is 0 Å². The van der Waals surface area contributed by atoms with Crippen LogP contribution in [0.4, 0.5) is 10.5 Å². The monoisotopic (exact) mass is 410 g/mol. The molecule has 0 spiro atoms. The first-order chi connectivity index (χ1) is 13.4. The van der Waals surface area contributed by atoms with Gasteiger partial charge < -0.3 is 10.2 Å². The summed E-state index contributed by atoms with van der Waals surface area (Å²) in [5.74, 6) is -0.108. The third-order valence-electron chi connectivity index (χ3n) is 4.83. The van der Waals surface area contributed by atoms with Gasteiger partial charge in [-0.25, -0.2) is 4.79 Å². The first kappa shape index (κ1) is 18.5. The summed E-state index contributed by atoms with van der Waals surface area (Å²) in [5, 5.41) is 4.03. The van der Waals surface area contributed by atoms with E-state index in [1.165, 1.54) is 0 Å². The minimum atomic E-state index is -0.347. The zero-order chi connectivity index (χ0) is 19.8. The molecule has 1 atom stereocenters. The molecule has 1 N–H and O–H groups in total. The van der Waals surface area contributed by atoms with E-state index in [0.29, 0.717) is 26.9 Å². The summed E-state index contributed by atoms with van der Waals surface area (Å²) in [6, 6.07) is 18.9. The Bertz CT molecular complexity index is 1080. The molecule has 0 saturated carbocycles. The summed E-state index contributed by atoms with van der Waals surface area (Å²) in [7, 11) is 1.72. The molecule has 1 unspecified atom stereocenters. The lowest BCUT2D eigenvalue weighted by atomic mass is 9.91. The summed E-state index contributed by atoms with van der Waals surface area (Å²) < 4.78 is 0. The summed E-state index contributed by atoms with van der Waals surface area (Å²) >= 11 is 12.1. The van der Waals surface area contributed by atoms with Crippen molar-refractivity contribution in [3.63, 3.8) is 0 Å². The lowest BCUT2D eigenvalue weighted by molar-refractivity contribution is 0.103. The third-order valence-corrected chi connectivity index (χ3v) is 5.32. The predicted octanol–water partition coefficient (Wildman–Crippen LogP) is 5.79. The molecule has 1 heterocycles. The maximum Gasteiger partial charge on any atom is 0.322 e. The molecular weight excluding hydrogens is 395 g/mol. The Labute approximate surface area is 172 Å². The van der Waals surface area contributed by atoms with Crippen LogP contribution in [0.1, 0.15) is 33.1 Å². The molecule has 0 radical (unpaired) electrons. The van der Waals surface area contributed by atoms with Crippen LogP contribution in [0, 0.1) is 0 Å². The van der Waals surface area contributed by atoms with Gasteiger partial charge in [-0.15, -0.1) is 0 Å².